The van der Waals surface area contributed by atoms with E-state index in [9.17, 15) is 18.0 Å². The highest BCUT2D eigenvalue weighted by atomic mass is 19.4. The second-order valence-corrected chi connectivity index (χ2v) is 7.03. The lowest BCUT2D eigenvalue weighted by Gasteiger charge is -2.57. The molecule has 0 bridgehead atoms. The van der Waals surface area contributed by atoms with Crippen LogP contribution in [0.2, 0.25) is 0 Å². The van der Waals surface area contributed by atoms with Crippen LogP contribution in [0, 0.1) is 5.41 Å². The first kappa shape index (κ1) is 16.1. The van der Waals surface area contributed by atoms with Crippen LogP contribution >= 0.6 is 0 Å². The van der Waals surface area contributed by atoms with Crippen LogP contribution in [-0.4, -0.2) is 30.5 Å². The molecule has 2 aliphatic rings. The Morgan fingerprint density at radius 2 is 1.96 bits per heavy atom. The molecular formula is C17H20F3NO2. The minimum Gasteiger partial charge on any atom is -0.490 e. The monoisotopic (exact) mass is 327 g/mol. The van der Waals surface area contributed by atoms with Crippen molar-refractivity contribution in [3.05, 3.63) is 29.3 Å². The lowest BCUT2D eigenvalue weighted by atomic mass is 9.62. The van der Waals surface area contributed by atoms with Gasteiger partial charge < -0.3 is 9.64 Å². The van der Waals surface area contributed by atoms with Gasteiger partial charge in [0.1, 0.15) is 17.4 Å². The van der Waals surface area contributed by atoms with Crippen LogP contribution in [-0.2, 0) is 11.0 Å². The summed E-state index contributed by atoms with van der Waals surface area (Å²) in [6.45, 7) is 4.87. The van der Waals surface area contributed by atoms with E-state index in [1.165, 1.54) is 12.1 Å². The molecule has 0 unspecified atom stereocenters. The van der Waals surface area contributed by atoms with Gasteiger partial charge in [0.05, 0.1) is 0 Å². The van der Waals surface area contributed by atoms with Gasteiger partial charge in [0.2, 0.25) is 6.41 Å². The van der Waals surface area contributed by atoms with E-state index in [1.807, 2.05) is 0 Å². The third kappa shape index (κ3) is 2.91. The summed E-state index contributed by atoms with van der Waals surface area (Å²) < 4.78 is 46.0. The molecule has 2 fully saturated rings. The molecule has 1 aromatic rings. The number of hydrogen-bond acceptors (Lipinski definition) is 2. The largest absolute Gasteiger partial charge is 0.490 e. The van der Waals surface area contributed by atoms with E-state index in [4.69, 9.17) is 4.74 Å². The minimum absolute atomic E-state index is 0.0691. The van der Waals surface area contributed by atoms with Crippen molar-refractivity contribution >= 4 is 6.41 Å². The molecule has 1 heterocycles. The number of ether oxygens (including phenoxy) is 1. The highest BCUT2D eigenvalue weighted by Gasteiger charge is 2.53. The Labute approximate surface area is 133 Å². The summed E-state index contributed by atoms with van der Waals surface area (Å²) in [6, 6.07) is 4.53. The second kappa shape index (κ2) is 5.42. The van der Waals surface area contributed by atoms with Gasteiger partial charge >= 0.3 is 6.18 Å². The molecule has 1 saturated carbocycles. The number of amides is 1. The summed E-state index contributed by atoms with van der Waals surface area (Å²) in [5.74, 6) is -0.300. The molecule has 1 spiro atoms. The maximum atomic E-state index is 13.4. The fraction of sp³-hybridized carbons (Fsp3) is 0.588. The van der Waals surface area contributed by atoms with Gasteiger partial charge in [-0.15, -0.1) is 0 Å². The summed E-state index contributed by atoms with van der Waals surface area (Å²) in [5.41, 5.74) is -0.321. The smallest absolute Gasteiger partial charge is 0.420 e. The van der Waals surface area contributed by atoms with Crippen LogP contribution in [0.15, 0.2) is 18.2 Å². The van der Waals surface area contributed by atoms with E-state index >= 15 is 0 Å². The molecule has 1 aromatic carbocycles. The van der Waals surface area contributed by atoms with Gasteiger partial charge in [-0.1, -0.05) is 26.0 Å². The standard InChI is InChI=1S/C17H20F3NO2/c1-11(2)13-4-3-5-14(15(13)17(18,19)20)23-12-6-16(7-12)8-21(9-16)10-22/h3-5,10-12H,6-9H2,1-2H3. The highest BCUT2D eigenvalue weighted by Crippen LogP contribution is 2.50. The first-order valence-corrected chi connectivity index (χ1v) is 7.80. The molecular weight excluding hydrogens is 307 g/mol. The van der Waals surface area contributed by atoms with Crippen LogP contribution in [0.3, 0.4) is 0 Å². The van der Waals surface area contributed by atoms with Crippen LogP contribution in [0.4, 0.5) is 13.2 Å². The fourth-order valence-electron chi connectivity index (χ4n) is 3.75. The molecule has 126 valence electrons. The van der Waals surface area contributed by atoms with Crippen molar-refractivity contribution in [1.82, 2.24) is 4.90 Å². The van der Waals surface area contributed by atoms with E-state index in [2.05, 4.69) is 0 Å². The Balaban J connectivity index is 1.74. The number of nitrogens with zero attached hydrogens (tertiary/aromatic N) is 1. The normalized spacial score (nSPS) is 20.3. The summed E-state index contributed by atoms with van der Waals surface area (Å²) in [5, 5.41) is 0. The van der Waals surface area contributed by atoms with Gasteiger partial charge in [0.15, 0.2) is 0 Å². The van der Waals surface area contributed by atoms with Crippen molar-refractivity contribution in [2.24, 2.45) is 5.41 Å². The van der Waals surface area contributed by atoms with Crippen molar-refractivity contribution in [3.8, 4) is 5.75 Å². The van der Waals surface area contributed by atoms with Gasteiger partial charge in [-0.05, 0) is 30.4 Å². The molecule has 6 heteroatoms. The third-order valence-corrected chi connectivity index (χ3v) is 4.81. The zero-order valence-electron chi connectivity index (χ0n) is 13.2. The van der Waals surface area contributed by atoms with E-state index in [0.29, 0.717) is 25.9 Å². The number of rotatable bonds is 4. The molecule has 1 aliphatic carbocycles. The van der Waals surface area contributed by atoms with Crippen molar-refractivity contribution in [3.63, 3.8) is 0 Å². The predicted octanol–water partition coefficient (Wildman–Crippen LogP) is 3.83. The molecule has 0 atom stereocenters. The molecule has 0 radical (unpaired) electrons. The number of likely N-dealkylation sites (tertiary alicyclic amines) is 1. The molecule has 1 aliphatic heterocycles. The maximum absolute atomic E-state index is 13.4. The van der Waals surface area contributed by atoms with Gasteiger partial charge in [-0.3, -0.25) is 4.79 Å². The van der Waals surface area contributed by atoms with Gasteiger partial charge in [0, 0.05) is 18.5 Å². The Bertz CT molecular complexity index is 598. The molecule has 0 aromatic heterocycles. The second-order valence-electron chi connectivity index (χ2n) is 7.03. The number of halogens is 3. The highest BCUT2D eigenvalue weighted by molar-refractivity contribution is 5.50. The number of benzene rings is 1. The third-order valence-electron chi connectivity index (χ3n) is 4.81. The summed E-state index contributed by atoms with van der Waals surface area (Å²) >= 11 is 0. The Hall–Kier alpha value is -1.72. The van der Waals surface area contributed by atoms with Crippen LogP contribution in [0.25, 0.3) is 0 Å². The van der Waals surface area contributed by atoms with Gasteiger partial charge in [-0.25, -0.2) is 0 Å². The maximum Gasteiger partial charge on any atom is 0.420 e. The average Bonchev–Trinajstić information content (AvgIpc) is 2.38. The topological polar surface area (TPSA) is 29.5 Å². The minimum atomic E-state index is -4.43. The lowest BCUT2D eigenvalue weighted by Crippen LogP contribution is -2.64. The van der Waals surface area contributed by atoms with Crippen molar-refractivity contribution in [2.75, 3.05) is 13.1 Å². The molecule has 1 saturated heterocycles. The molecule has 3 nitrogen and oxygen atoms in total. The summed E-state index contributed by atoms with van der Waals surface area (Å²) in [6.07, 6.45) is -2.40. The number of hydrogen-bond donors (Lipinski definition) is 0. The molecule has 1 amide bonds. The Morgan fingerprint density at radius 1 is 1.30 bits per heavy atom. The first-order valence-electron chi connectivity index (χ1n) is 7.80. The zero-order valence-corrected chi connectivity index (χ0v) is 13.2. The predicted molar refractivity (Wildman–Crippen MR) is 79.3 cm³/mol. The van der Waals surface area contributed by atoms with E-state index in [1.54, 1.807) is 24.8 Å². The number of alkyl halides is 3. The van der Waals surface area contributed by atoms with Crippen molar-refractivity contribution in [1.29, 1.82) is 0 Å². The molecule has 23 heavy (non-hydrogen) atoms. The quantitative estimate of drug-likeness (QED) is 0.787. The molecule has 0 N–H and O–H groups in total. The zero-order chi connectivity index (χ0) is 16.8. The van der Waals surface area contributed by atoms with E-state index in [-0.39, 0.29) is 28.7 Å². The number of carbonyl (C=O) groups excluding carboxylic acids is 1. The van der Waals surface area contributed by atoms with E-state index < -0.39 is 11.7 Å². The van der Waals surface area contributed by atoms with Crippen LogP contribution in [0.5, 0.6) is 5.75 Å². The Kier molecular flexibility index (Phi) is 3.81. The van der Waals surface area contributed by atoms with E-state index in [0.717, 1.165) is 6.41 Å². The van der Waals surface area contributed by atoms with Crippen LogP contribution in [0.1, 0.15) is 43.7 Å². The Morgan fingerprint density at radius 3 is 2.48 bits per heavy atom. The summed E-state index contributed by atoms with van der Waals surface area (Å²) in [7, 11) is 0. The average molecular weight is 327 g/mol. The number of carbonyl (C=O) groups is 1. The van der Waals surface area contributed by atoms with Gasteiger partial charge in [0.25, 0.3) is 0 Å². The first-order chi connectivity index (χ1) is 10.7. The van der Waals surface area contributed by atoms with Crippen molar-refractivity contribution < 1.29 is 22.7 Å². The lowest BCUT2D eigenvalue weighted by molar-refractivity contribution is -0.152. The van der Waals surface area contributed by atoms with Crippen molar-refractivity contribution in [2.45, 2.75) is 44.9 Å². The summed E-state index contributed by atoms with van der Waals surface area (Å²) in [4.78, 5) is 12.3. The van der Waals surface area contributed by atoms with Crippen LogP contribution < -0.4 is 4.74 Å². The molecule has 3 rings (SSSR count). The van der Waals surface area contributed by atoms with Gasteiger partial charge in [-0.2, -0.15) is 13.2 Å². The fourth-order valence-corrected chi connectivity index (χ4v) is 3.75. The SMILES string of the molecule is CC(C)c1cccc(OC2CC3(C2)CN(C=O)C3)c1C(F)(F)F.